The van der Waals surface area contributed by atoms with E-state index in [1.54, 1.807) is 0 Å². The van der Waals surface area contributed by atoms with Crippen LogP contribution in [0.25, 0.3) is 11.1 Å². The van der Waals surface area contributed by atoms with E-state index in [2.05, 4.69) is 49.4 Å². The Labute approximate surface area is 157 Å². The van der Waals surface area contributed by atoms with E-state index in [0.717, 1.165) is 42.9 Å². The zero-order chi connectivity index (χ0) is 18.9. The lowest BCUT2D eigenvalue weighted by atomic mass is 10.0. The van der Waals surface area contributed by atoms with E-state index in [4.69, 9.17) is 0 Å². The molecule has 1 aromatic heterocycles. The molecule has 0 saturated carbocycles. The molecular weight excluding hydrogens is 320 g/mol. The highest BCUT2D eigenvalue weighted by Gasteiger charge is 2.14. The zero-order valence-corrected chi connectivity index (χ0v) is 16.3. The van der Waals surface area contributed by atoms with E-state index in [1.807, 2.05) is 36.4 Å². The molecule has 0 saturated heterocycles. The third-order valence-corrected chi connectivity index (χ3v) is 4.26. The quantitative estimate of drug-likeness (QED) is 0.623. The lowest BCUT2D eigenvalue weighted by Crippen LogP contribution is -2.11. The molecule has 1 heterocycles. The first-order valence-electron chi connectivity index (χ1n) is 9.49. The molecule has 0 aliphatic rings. The van der Waals surface area contributed by atoms with Crippen LogP contribution in [-0.4, -0.2) is 18.1 Å². The van der Waals surface area contributed by atoms with Gasteiger partial charge in [0.2, 0.25) is 0 Å². The van der Waals surface area contributed by atoms with E-state index >= 15 is 0 Å². The highest BCUT2D eigenvalue weighted by atomic mass is 15.1. The Morgan fingerprint density at radius 1 is 0.962 bits per heavy atom. The summed E-state index contributed by atoms with van der Waals surface area (Å²) >= 11 is 0. The van der Waals surface area contributed by atoms with Crippen molar-refractivity contribution in [2.24, 2.45) is 11.8 Å². The molecule has 0 spiro atoms. The highest BCUT2D eigenvalue weighted by Crippen LogP contribution is 2.30. The molecule has 4 heteroatoms. The summed E-state index contributed by atoms with van der Waals surface area (Å²) in [7, 11) is 0. The van der Waals surface area contributed by atoms with Crippen molar-refractivity contribution in [3.05, 3.63) is 42.0 Å². The van der Waals surface area contributed by atoms with Crippen molar-refractivity contribution in [1.82, 2.24) is 4.98 Å². The van der Waals surface area contributed by atoms with Crippen LogP contribution in [0.2, 0.25) is 0 Å². The van der Waals surface area contributed by atoms with Gasteiger partial charge in [0.15, 0.2) is 0 Å². The van der Waals surface area contributed by atoms with Gasteiger partial charge in [0, 0.05) is 18.7 Å². The third kappa shape index (κ3) is 5.77. The Hall–Kier alpha value is -2.54. The maximum absolute atomic E-state index is 9.76. The standard InChI is InChI=1S/C22H30N4/c1-16(2)10-12-24-21-14-19(18-8-6-5-7-9-18)20(15-23)22(26-21)25-13-11-17(3)4/h5-9,14,16-17H,10-13H2,1-4H3,(H2,24,25,26). The summed E-state index contributed by atoms with van der Waals surface area (Å²) in [5.74, 6) is 2.73. The van der Waals surface area contributed by atoms with Crippen molar-refractivity contribution in [2.75, 3.05) is 23.7 Å². The Morgan fingerprint density at radius 3 is 2.15 bits per heavy atom. The van der Waals surface area contributed by atoms with Crippen molar-refractivity contribution in [3.63, 3.8) is 0 Å². The van der Waals surface area contributed by atoms with Gasteiger partial charge in [-0.1, -0.05) is 58.0 Å². The van der Waals surface area contributed by atoms with Crippen LogP contribution in [0.1, 0.15) is 46.1 Å². The van der Waals surface area contributed by atoms with E-state index in [-0.39, 0.29) is 0 Å². The van der Waals surface area contributed by atoms with E-state index in [1.165, 1.54) is 0 Å². The summed E-state index contributed by atoms with van der Waals surface area (Å²) in [4.78, 5) is 4.68. The van der Waals surface area contributed by atoms with Gasteiger partial charge >= 0.3 is 0 Å². The minimum absolute atomic E-state index is 0.606. The molecule has 138 valence electrons. The number of pyridine rings is 1. The minimum Gasteiger partial charge on any atom is -0.370 e. The van der Waals surface area contributed by atoms with E-state index < -0.39 is 0 Å². The van der Waals surface area contributed by atoms with Gasteiger partial charge in [-0.2, -0.15) is 5.26 Å². The summed E-state index contributed by atoms with van der Waals surface area (Å²) in [6.07, 6.45) is 2.12. The molecule has 0 fully saturated rings. The van der Waals surface area contributed by atoms with E-state index in [9.17, 15) is 5.26 Å². The molecule has 0 radical (unpaired) electrons. The van der Waals surface area contributed by atoms with Crippen molar-refractivity contribution < 1.29 is 0 Å². The predicted octanol–water partition coefficient (Wildman–Crippen LogP) is 5.54. The van der Waals surface area contributed by atoms with Crippen LogP contribution < -0.4 is 10.6 Å². The molecule has 2 aromatic rings. The molecule has 0 unspecified atom stereocenters. The van der Waals surface area contributed by atoms with Gasteiger partial charge in [-0.25, -0.2) is 4.98 Å². The first-order chi connectivity index (χ1) is 12.5. The van der Waals surface area contributed by atoms with Crippen molar-refractivity contribution in [1.29, 1.82) is 5.26 Å². The summed E-state index contributed by atoms with van der Waals surface area (Å²) < 4.78 is 0. The first kappa shape index (κ1) is 19.8. The van der Waals surface area contributed by atoms with Gasteiger partial charge in [-0.3, -0.25) is 0 Å². The number of nitriles is 1. The molecule has 4 nitrogen and oxygen atoms in total. The Kier molecular flexibility index (Phi) is 7.47. The summed E-state index contributed by atoms with van der Waals surface area (Å²) in [6, 6.07) is 14.4. The monoisotopic (exact) mass is 350 g/mol. The van der Waals surface area contributed by atoms with Crippen LogP contribution in [0.4, 0.5) is 11.6 Å². The second-order valence-electron chi connectivity index (χ2n) is 7.48. The van der Waals surface area contributed by atoms with Crippen LogP contribution in [0.15, 0.2) is 36.4 Å². The van der Waals surface area contributed by atoms with Crippen LogP contribution in [0.5, 0.6) is 0 Å². The largest absolute Gasteiger partial charge is 0.370 e. The molecular formula is C22H30N4. The number of rotatable bonds is 9. The normalized spacial score (nSPS) is 10.8. The molecule has 26 heavy (non-hydrogen) atoms. The van der Waals surface area contributed by atoms with E-state index in [0.29, 0.717) is 23.2 Å². The number of aromatic nitrogens is 1. The number of hydrogen-bond acceptors (Lipinski definition) is 4. The Morgan fingerprint density at radius 2 is 1.58 bits per heavy atom. The van der Waals surface area contributed by atoms with Crippen LogP contribution in [0, 0.1) is 23.2 Å². The smallest absolute Gasteiger partial charge is 0.147 e. The fourth-order valence-corrected chi connectivity index (χ4v) is 2.69. The van der Waals surface area contributed by atoms with Crippen molar-refractivity contribution in [3.8, 4) is 17.2 Å². The fraction of sp³-hybridized carbons (Fsp3) is 0.455. The highest BCUT2D eigenvalue weighted by molar-refractivity contribution is 5.78. The molecule has 0 amide bonds. The maximum Gasteiger partial charge on any atom is 0.147 e. The molecule has 1 aromatic carbocycles. The third-order valence-electron chi connectivity index (χ3n) is 4.26. The number of nitrogens with zero attached hydrogens (tertiary/aromatic N) is 2. The van der Waals surface area contributed by atoms with Crippen LogP contribution in [-0.2, 0) is 0 Å². The number of hydrogen-bond donors (Lipinski definition) is 2. The molecule has 0 atom stereocenters. The second-order valence-corrected chi connectivity index (χ2v) is 7.48. The molecule has 0 aliphatic heterocycles. The number of anilines is 2. The van der Waals surface area contributed by atoms with Gasteiger partial charge in [-0.05, 0) is 36.3 Å². The Balaban J connectivity index is 2.35. The van der Waals surface area contributed by atoms with Crippen LogP contribution >= 0.6 is 0 Å². The summed E-state index contributed by atoms with van der Waals surface area (Å²) in [5.41, 5.74) is 2.56. The number of benzene rings is 1. The van der Waals surface area contributed by atoms with Crippen molar-refractivity contribution in [2.45, 2.75) is 40.5 Å². The van der Waals surface area contributed by atoms with Crippen LogP contribution in [0.3, 0.4) is 0 Å². The predicted molar refractivity (Wildman–Crippen MR) is 110 cm³/mol. The number of nitrogens with one attached hydrogen (secondary N) is 2. The lowest BCUT2D eigenvalue weighted by Gasteiger charge is -2.16. The van der Waals surface area contributed by atoms with Gasteiger partial charge in [-0.15, -0.1) is 0 Å². The van der Waals surface area contributed by atoms with Gasteiger partial charge in [0.1, 0.15) is 23.3 Å². The summed E-state index contributed by atoms with van der Waals surface area (Å²) in [6.45, 7) is 10.5. The molecule has 2 N–H and O–H groups in total. The summed E-state index contributed by atoms with van der Waals surface area (Å²) in [5, 5.41) is 16.5. The zero-order valence-electron chi connectivity index (χ0n) is 16.3. The van der Waals surface area contributed by atoms with Gasteiger partial charge in [0.05, 0.1) is 0 Å². The average Bonchev–Trinajstić information content (AvgIpc) is 2.61. The molecule has 2 rings (SSSR count). The Bertz CT molecular complexity index is 730. The first-order valence-corrected chi connectivity index (χ1v) is 9.49. The van der Waals surface area contributed by atoms with Crippen molar-refractivity contribution >= 4 is 11.6 Å². The van der Waals surface area contributed by atoms with Gasteiger partial charge in [0.25, 0.3) is 0 Å². The molecule has 0 aliphatic carbocycles. The minimum atomic E-state index is 0.606. The lowest BCUT2D eigenvalue weighted by molar-refractivity contribution is 0.605. The van der Waals surface area contributed by atoms with Gasteiger partial charge < -0.3 is 10.6 Å². The maximum atomic E-state index is 9.76. The molecule has 0 bridgehead atoms. The topological polar surface area (TPSA) is 60.7 Å². The second kappa shape index (κ2) is 9.82. The fourth-order valence-electron chi connectivity index (χ4n) is 2.69. The SMILES string of the molecule is CC(C)CCNc1cc(-c2ccccc2)c(C#N)c(NCCC(C)C)n1. The average molecular weight is 351 g/mol.